The summed E-state index contributed by atoms with van der Waals surface area (Å²) in [7, 11) is -6.83. The summed E-state index contributed by atoms with van der Waals surface area (Å²) in [6.07, 6.45) is 1.47. The summed E-state index contributed by atoms with van der Waals surface area (Å²) in [5, 5.41) is 0. The number of hydrogen-bond acceptors (Lipinski definition) is 8. The van der Waals surface area contributed by atoms with E-state index in [1.165, 1.54) is 13.8 Å². The van der Waals surface area contributed by atoms with Gasteiger partial charge in [0.05, 0.1) is 24.7 Å². The van der Waals surface area contributed by atoms with Crippen LogP contribution in [0.4, 0.5) is 0 Å². The van der Waals surface area contributed by atoms with E-state index < -0.39 is 20.2 Å². The molecular formula is C10H24O8S2Ti. The van der Waals surface area contributed by atoms with Gasteiger partial charge in [-0.3, -0.25) is 0 Å². The van der Waals surface area contributed by atoms with E-state index in [4.69, 9.17) is 0 Å². The van der Waals surface area contributed by atoms with Crippen LogP contribution in [-0.4, -0.2) is 41.6 Å². The van der Waals surface area contributed by atoms with Gasteiger partial charge < -0.3 is 0 Å². The molecule has 0 bridgehead atoms. The molecule has 0 N–H and O–H groups in total. The first kappa shape index (κ1) is 26.4. The zero-order valence-corrected chi connectivity index (χ0v) is 16.0. The van der Waals surface area contributed by atoms with Crippen LogP contribution in [-0.2, 0) is 60.4 Å². The first-order valence-electron chi connectivity index (χ1n) is 6.32. The summed E-state index contributed by atoms with van der Waals surface area (Å²) < 4.78 is 50.3. The molecule has 0 aliphatic heterocycles. The molecule has 0 saturated carbocycles. The van der Waals surface area contributed by atoms with E-state index in [1.807, 2.05) is 13.8 Å². The number of hydrogen-bond donors (Lipinski definition) is 0. The van der Waals surface area contributed by atoms with Crippen molar-refractivity contribution >= 4 is 20.2 Å². The largest absolute Gasteiger partial charge is 0.293 e. The van der Waals surface area contributed by atoms with Gasteiger partial charge in [0.15, 0.2) is 0 Å². The summed E-state index contributed by atoms with van der Waals surface area (Å²) in [4.78, 5) is 8.70. The average Bonchev–Trinajstić information content (AvgIpc) is 2.40. The van der Waals surface area contributed by atoms with Gasteiger partial charge in [0.25, 0.3) is 20.2 Å². The first-order valence-corrected chi connectivity index (χ1v) is 9.47. The van der Waals surface area contributed by atoms with Crippen molar-refractivity contribution in [2.75, 3.05) is 24.7 Å². The number of rotatable bonds is 10. The Hall–Kier alpha value is 0.454. The fraction of sp³-hybridized carbons (Fsp3) is 1.00. The summed E-state index contributed by atoms with van der Waals surface area (Å²) in [6.45, 7) is 7.32. The van der Waals surface area contributed by atoms with Crippen LogP contribution in [0.25, 0.3) is 0 Å². The molecule has 0 fully saturated rings. The maximum Gasteiger partial charge on any atom is 0.293 e. The van der Waals surface area contributed by atoms with Gasteiger partial charge >= 0.3 is 0 Å². The molecule has 0 saturated heterocycles. The molecule has 0 aliphatic carbocycles. The van der Waals surface area contributed by atoms with Crippen molar-refractivity contribution in [1.29, 1.82) is 0 Å². The van der Waals surface area contributed by atoms with E-state index in [1.54, 1.807) is 0 Å². The van der Waals surface area contributed by atoms with Crippen molar-refractivity contribution in [2.24, 2.45) is 0 Å². The smallest absolute Gasteiger partial charge is 0.220 e. The van der Waals surface area contributed by atoms with E-state index >= 15 is 0 Å². The van der Waals surface area contributed by atoms with Crippen LogP contribution in [0.2, 0.25) is 0 Å². The minimum absolute atomic E-state index is 0. The van der Waals surface area contributed by atoms with Crippen molar-refractivity contribution in [1.82, 2.24) is 0 Å². The molecule has 8 nitrogen and oxygen atoms in total. The van der Waals surface area contributed by atoms with Crippen molar-refractivity contribution in [2.45, 2.75) is 40.5 Å². The maximum absolute atomic E-state index is 10.5. The Morgan fingerprint density at radius 3 is 1.14 bits per heavy atom. The summed E-state index contributed by atoms with van der Waals surface area (Å²) in [5.74, 6) is -0.118. The minimum atomic E-state index is -3.41. The molecule has 0 radical (unpaired) electrons. The van der Waals surface area contributed by atoms with E-state index in [0.29, 0.717) is 13.2 Å². The third kappa shape index (κ3) is 20.5. The van der Waals surface area contributed by atoms with Gasteiger partial charge in [-0.25, -0.2) is 9.78 Å². The quantitative estimate of drug-likeness (QED) is 0.241. The van der Waals surface area contributed by atoms with Gasteiger partial charge in [-0.05, 0) is 26.7 Å². The summed E-state index contributed by atoms with van der Waals surface area (Å²) in [6, 6.07) is 0. The molecule has 21 heavy (non-hydrogen) atoms. The van der Waals surface area contributed by atoms with Crippen LogP contribution in [0.1, 0.15) is 40.5 Å². The van der Waals surface area contributed by atoms with Crippen molar-refractivity contribution in [3.63, 3.8) is 0 Å². The average molecular weight is 384 g/mol. The molecule has 11 heteroatoms. The normalized spacial score (nSPS) is 11.2. The second kappa shape index (κ2) is 15.4. The van der Waals surface area contributed by atoms with Gasteiger partial charge in [-0.2, -0.15) is 16.8 Å². The zero-order valence-electron chi connectivity index (χ0n) is 12.8. The Kier molecular flexibility index (Phi) is 19.3. The molecule has 0 amide bonds. The molecule has 0 heterocycles. The van der Waals surface area contributed by atoms with E-state index in [2.05, 4.69) is 18.4 Å². The predicted octanol–water partition coefficient (Wildman–Crippen LogP) is 1.39. The molecule has 0 spiro atoms. The van der Waals surface area contributed by atoms with Crippen LogP contribution < -0.4 is 0 Å². The standard InChI is InChI=1S/2C5H12O4S.Ti/c2*1-3-5-8-9-10(6,7)4-2;/h2*3-5H2,1-2H3;. The summed E-state index contributed by atoms with van der Waals surface area (Å²) >= 11 is 0. The molecule has 0 atom stereocenters. The predicted molar refractivity (Wildman–Crippen MR) is 73.6 cm³/mol. The van der Waals surface area contributed by atoms with E-state index in [9.17, 15) is 16.8 Å². The topological polar surface area (TPSA) is 105 Å². The molecule has 0 unspecified atom stereocenters. The molecule has 0 aromatic rings. The second-order valence-electron chi connectivity index (χ2n) is 3.47. The Bertz CT molecular complexity index is 367. The van der Waals surface area contributed by atoms with Gasteiger partial charge in [0, 0.05) is 21.7 Å². The molecular weight excluding hydrogens is 360 g/mol. The Labute approximate surface area is 142 Å². The van der Waals surface area contributed by atoms with Gasteiger partial charge in [-0.15, -0.1) is 8.67 Å². The molecule has 0 rings (SSSR count). The van der Waals surface area contributed by atoms with Gasteiger partial charge in [0.2, 0.25) is 0 Å². The zero-order chi connectivity index (χ0) is 16.1. The SMILES string of the molecule is CCCOOS(=O)(=O)CC.CCCOOS(=O)(=O)CC.[Ti]. The fourth-order valence-electron chi connectivity index (χ4n) is 0.478. The molecule has 128 valence electrons. The van der Waals surface area contributed by atoms with Crippen LogP contribution in [0, 0.1) is 0 Å². The van der Waals surface area contributed by atoms with Crippen molar-refractivity contribution < 1.29 is 57.0 Å². The Morgan fingerprint density at radius 1 is 0.667 bits per heavy atom. The maximum atomic E-state index is 10.5. The summed E-state index contributed by atoms with van der Waals surface area (Å²) in [5.41, 5.74) is 0. The van der Waals surface area contributed by atoms with Crippen LogP contribution >= 0.6 is 0 Å². The molecule has 0 aliphatic rings. The fourth-order valence-corrected chi connectivity index (χ4v) is 1.10. The Morgan fingerprint density at radius 2 is 0.952 bits per heavy atom. The second-order valence-corrected chi connectivity index (χ2v) is 7.13. The van der Waals surface area contributed by atoms with E-state index in [0.717, 1.165) is 12.8 Å². The molecule has 0 aromatic heterocycles. The minimum Gasteiger partial charge on any atom is -0.220 e. The Balaban J connectivity index is -0.000000295. The van der Waals surface area contributed by atoms with Crippen LogP contribution in [0.3, 0.4) is 0 Å². The van der Waals surface area contributed by atoms with Crippen LogP contribution in [0.15, 0.2) is 0 Å². The van der Waals surface area contributed by atoms with Gasteiger partial charge in [0.1, 0.15) is 0 Å². The molecule has 0 aromatic carbocycles. The van der Waals surface area contributed by atoms with E-state index in [-0.39, 0.29) is 33.2 Å². The third-order valence-electron chi connectivity index (χ3n) is 1.59. The van der Waals surface area contributed by atoms with Gasteiger partial charge in [-0.1, -0.05) is 13.8 Å². The monoisotopic (exact) mass is 384 g/mol. The van der Waals surface area contributed by atoms with Crippen molar-refractivity contribution in [3.05, 3.63) is 0 Å². The van der Waals surface area contributed by atoms with Crippen molar-refractivity contribution in [3.8, 4) is 0 Å². The van der Waals surface area contributed by atoms with Crippen LogP contribution in [0.5, 0.6) is 0 Å². The first-order chi connectivity index (χ1) is 9.24. The third-order valence-corrected chi connectivity index (χ3v) is 3.61.